The zero-order valence-electron chi connectivity index (χ0n) is 10.1. The van der Waals surface area contributed by atoms with Crippen molar-refractivity contribution >= 4 is 23.1 Å². The maximum absolute atomic E-state index is 5.77. The molecule has 2 aromatic rings. The Morgan fingerprint density at radius 2 is 1.89 bits per heavy atom. The fourth-order valence-corrected chi connectivity index (χ4v) is 2.49. The maximum Gasteiger partial charge on any atom is 0.130 e. The second-order valence-corrected chi connectivity index (χ2v) is 4.88. The molecule has 3 rings (SSSR count). The summed E-state index contributed by atoms with van der Waals surface area (Å²) in [5.41, 5.74) is 4.83. The third-order valence-electron chi connectivity index (χ3n) is 3.31. The van der Waals surface area contributed by atoms with Crippen molar-refractivity contribution in [3.05, 3.63) is 53.2 Å². The van der Waals surface area contributed by atoms with Gasteiger partial charge in [0.1, 0.15) is 5.82 Å². The molecule has 1 aromatic carbocycles. The molecule has 0 saturated carbocycles. The predicted molar refractivity (Wildman–Crippen MR) is 75.5 cm³/mol. The first-order valence-electron chi connectivity index (χ1n) is 6.26. The van der Waals surface area contributed by atoms with Gasteiger partial charge in [-0.15, -0.1) is 11.6 Å². The largest absolute Gasteiger partial charge is 0.340 e. The molecule has 3 heteroatoms. The number of aryl methyl sites for hydroxylation is 2. The highest BCUT2D eigenvalue weighted by Crippen LogP contribution is 2.23. The Balaban J connectivity index is 1.79. The number of pyridine rings is 1. The number of hydrogen-bond acceptors (Lipinski definition) is 2. The summed E-state index contributed by atoms with van der Waals surface area (Å²) in [5, 5.41) is 3.33. The van der Waals surface area contributed by atoms with E-state index in [1.54, 1.807) is 0 Å². The van der Waals surface area contributed by atoms with Crippen molar-refractivity contribution < 1.29 is 0 Å². The van der Waals surface area contributed by atoms with Crippen LogP contribution in [0.2, 0.25) is 0 Å². The van der Waals surface area contributed by atoms with Crippen LogP contribution < -0.4 is 5.32 Å². The van der Waals surface area contributed by atoms with Crippen LogP contribution in [-0.2, 0) is 18.7 Å². The van der Waals surface area contributed by atoms with Gasteiger partial charge in [-0.1, -0.05) is 18.2 Å². The summed E-state index contributed by atoms with van der Waals surface area (Å²) in [6.45, 7) is 0. The van der Waals surface area contributed by atoms with Crippen molar-refractivity contribution in [3.63, 3.8) is 0 Å². The smallest absolute Gasteiger partial charge is 0.130 e. The van der Waals surface area contributed by atoms with Crippen LogP contribution in [0.1, 0.15) is 23.2 Å². The molecule has 0 unspecified atom stereocenters. The van der Waals surface area contributed by atoms with Crippen molar-refractivity contribution in [2.45, 2.75) is 25.1 Å². The zero-order chi connectivity index (χ0) is 12.4. The van der Waals surface area contributed by atoms with Crippen molar-refractivity contribution in [2.24, 2.45) is 0 Å². The molecule has 0 amide bonds. The van der Waals surface area contributed by atoms with Crippen molar-refractivity contribution in [3.8, 4) is 0 Å². The normalized spacial score (nSPS) is 13.4. The third kappa shape index (κ3) is 2.34. The molecule has 0 saturated heterocycles. The molecule has 1 aromatic heterocycles. The summed E-state index contributed by atoms with van der Waals surface area (Å²) in [4.78, 5) is 4.65. The van der Waals surface area contributed by atoms with E-state index in [0.29, 0.717) is 5.88 Å². The molecule has 0 atom stereocenters. The minimum Gasteiger partial charge on any atom is -0.340 e. The monoisotopic (exact) mass is 258 g/mol. The lowest BCUT2D eigenvalue weighted by Gasteiger charge is -2.08. The van der Waals surface area contributed by atoms with Gasteiger partial charge in [0.25, 0.3) is 0 Å². The van der Waals surface area contributed by atoms with E-state index in [2.05, 4.69) is 22.4 Å². The standard InChI is InChI=1S/C15H15ClN2/c16-10-11-4-7-13(8-5-11)17-15-9-6-12-2-1-3-14(12)18-15/h4-9H,1-3,10H2,(H,17,18). The van der Waals surface area contributed by atoms with Crippen LogP contribution in [0.4, 0.5) is 11.5 Å². The number of hydrogen-bond donors (Lipinski definition) is 1. The van der Waals surface area contributed by atoms with Crippen LogP contribution in [0.3, 0.4) is 0 Å². The van der Waals surface area contributed by atoms with Crippen LogP contribution in [-0.4, -0.2) is 4.98 Å². The van der Waals surface area contributed by atoms with Crippen LogP contribution in [0.15, 0.2) is 36.4 Å². The molecule has 1 heterocycles. The highest BCUT2D eigenvalue weighted by atomic mass is 35.5. The minimum absolute atomic E-state index is 0.553. The van der Waals surface area contributed by atoms with Crippen molar-refractivity contribution in [1.29, 1.82) is 0 Å². The van der Waals surface area contributed by atoms with E-state index in [1.165, 1.54) is 24.1 Å². The molecule has 0 fully saturated rings. The third-order valence-corrected chi connectivity index (χ3v) is 3.62. The average Bonchev–Trinajstić information content (AvgIpc) is 2.87. The van der Waals surface area contributed by atoms with Gasteiger partial charge >= 0.3 is 0 Å². The number of rotatable bonds is 3. The van der Waals surface area contributed by atoms with Gasteiger partial charge in [-0.2, -0.15) is 0 Å². The molecule has 92 valence electrons. The number of alkyl halides is 1. The SMILES string of the molecule is ClCc1ccc(Nc2ccc3c(n2)CCC3)cc1. The van der Waals surface area contributed by atoms with E-state index < -0.39 is 0 Å². The minimum atomic E-state index is 0.553. The molecule has 1 N–H and O–H groups in total. The van der Waals surface area contributed by atoms with Gasteiger partial charge in [-0.05, 0) is 48.6 Å². The molecule has 1 aliphatic carbocycles. The lowest BCUT2D eigenvalue weighted by molar-refractivity contribution is 0.900. The number of benzene rings is 1. The summed E-state index contributed by atoms with van der Waals surface area (Å²) < 4.78 is 0. The van der Waals surface area contributed by atoms with E-state index in [4.69, 9.17) is 11.6 Å². The van der Waals surface area contributed by atoms with Gasteiger partial charge in [0, 0.05) is 17.3 Å². The number of nitrogens with zero attached hydrogens (tertiary/aromatic N) is 1. The first-order chi connectivity index (χ1) is 8.85. The van der Waals surface area contributed by atoms with Crippen LogP contribution >= 0.6 is 11.6 Å². The number of anilines is 2. The Morgan fingerprint density at radius 3 is 2.67 bits per heavy atom. The topological polar surface area (TPSA) is 24.9 Å². The lowest BCUT2D eigenvalue weighted by Crippen LogP contribution is -1.96. The highest BCUT2D eigenvalue weighted by molar-refractivity contribution is 6.17. The number of nitrogens with one attached hydrogen (secondary N) is 1. The summed E-state index contributed by atoms with van der Waals surface area (Å²) >= 11 is 5.77. The lowest BCUT2D eigenvalue weighted by atomic mass is 10.2. The van der Waals surface area contributed by atoms with E-state index in [1.807, 2.05) is 24.3 Å². The second kappa shape index (κ2) is 4.99. The van der Waals surface area contributed by atoms with Gasteiger partial charge in [-0.25, -0.2) is 4.98 Å². The van der Waals surface area contributed by atoms with E-state index >= 15 is 0 Å². The van der Waals surface area contributed by atoms with Crippen LogP contribution in [0, 0.1) is 0 Å². The predicted octanol–water partition coefficient (Wildman–Crippen LogP) is 4.05. The fourth-order valence-electron chi connectivity index (χ4n) is 2.32. The number of halogens is 1. The van der Waals surface area contributed by atoms with Gasteiger partial charge in [-0.3, -0.25) is 0 Å². The summed E-state index contributed by atoms with van der Waals surface area (Å²) in [7, 11) is 0. The Labute approximate surface area is 112 Å². The maximum atomic E-state index is 5.77. The summed E-state index contributed by atoms with van der Waals surface area (Å²) in [5.74, 6) is 1.48. The second-order valence-electron chi connectivity index (χ2n) is 4.61. The molecule has 0 bridgehead atoms. The molecule has 0 aliphatic heterocycles. The highest BCUT2D eigenvalue weighted by Gasteiger charge is 2.12. The zero-order valence-corrected chi connectivity index (χ0v) is 10.9. The van der Waals surface area contributed by atoms with Crippen LogP contribution in [0.25, 0.3) is 0 Å². The van der Waals surface area contributed by atoms with Gasteiger partial charge in [0.2, 0.25) is 0 Å². The molecule has 0 radical (unpaired) electrons. The van der Waals surface area contributed by atoms with Gasteiger partial charge < -0.3 is 5.32 Å². The fraction of sp³-hybridized carbons (Fsp3) is 0.267. The summed E-state index contributed by atoms with van der Waals surface area (Å²) in [6.07, 6.45) is 3.51. The van der Waals surface area contributed by atoms with E-state index in [-0.39, 0.29) is 0 Å². The molecule has 18 heavy (non-hydrogen) atoms. The number of aromatic nitrogens is 1. The van der Waals surface area contributed by atoms with E-state index in [0.717, 1.165) is 23.5 Å². The molecular weight excluding hydrogens is 244 g/mol. The summed E-state index contributed by atoms with van der Waals surface area (Å²) in [6, 6.07) is 12.4. The Hall–Kier alpha value is -1.54. The van der Waals surface area contributed by atoms with E-state index in [9.17, 15) is 0 Å². The Kier molecular flexibility index (Phi) is 3.20. The Morgan fingerprint density at radius 1 is 1.06 bits per heavy atom. The van der Waals surface area contributed by atoms with Crippen molar-refractivity contribution in [1.82, 2.24) is 4.98 Å². The Bertz CT molecular complexity index is 549. The van der Waals surface area contributed by atoms with Gasteiger partial charge in [0.05, 0.1) is 0 Å². The molecule has 2 nitrogen and oxygen atoms in total. The molecule has 1 aliphatic rings. The molecular formula is C15H15ClN2. The average molecular weight is 259 g/mol. The van der Waals surface area contributed by atoms with Crippen molar-refractivity contribution in [2.75, 3.05) is 5.32 Å². The van der Waals surface area contributed by atoms with Crippen LogP contribution in [0.5, 0.6) is 0 Å². The quantitative estimate of drug-likeness (QED) is 0.840. The van der Waals surface area contributed by atoms with Gasteiger partial charge in [0.15, 0.2) is 0 Å². The number of fused-ring (bicyclic) bond motifs is 1. The molecule has 0 spiro atoms. The first-order valence-corrected chi connectivity index (χ1v) is 6.79. The first kappa shape index (κ1) is 11.5.